The number of benzene rings is 1. The van der Waals surface area contributed by atoms with Gasteiger partial charge in [-0.3, -0.25) is 14.5 Å². The minimum atomic E-state index is -0.413. The summed E-state index contributed by atoms with van der Waals surface area (Å²) in [7, 11) is 0. The van der Waals surface area contributed by atoms with E-state index in [0.29, 0.717) is 0 Å². The van der Waals surface area contributed by atoms with Gasteiger partial charge in [-0.05, 0) is 50.6 Å². The Labute approximate surface area is 129 Å². The molecule has 0 saturated carbocycles. The van der Waals surface area contributed by atoms with Crippen molar-refractivity contribution in [3.05, 3.63) is 24.3 Å². The van der Waals surface area contributed by atoms with E-state index in [-0.39, 0.29) is 17.9 Å². The van der Waals surface area contributed by atoms with E-state index in [4.69, 9.17) is 0 Å². The van der Waals surface area contributed by atoms with Gasteiger partial charge in [-0.1, -0.05) is 6.07 Å². The van der Waals surface area contributed by atoms with Crippen LogP contribution >= 0.6 is 11.8 Å². The second-order valence-corrected chi connectivity index (χ2v) is 6.51. The highest BCUT2D eigenvalue weighted by Gasteiger charge is 2.45. The van der Waals surface area contributed by atoms with Crippen LogP contribution in [0.1, 0.15) is 26.2 Å². The van der Waals surface area contributed by atoms with Gasteiger partial charge in [-0.15, -0.1) is 11.8 Å². The summed E-state index contributed by atoms with van der Waals surface area (Å²) in [6.07, 6.45) is 4.82. The number of hydrogen-bond acceptors (Lipinski definition) is 3. The van der Waals surface area contributed by atoms with Gasteiger partial charge >= 0.3 is 0 Å². The van der Waals surface area contributed by atoms with Crippen LogP contribution in [0, 0.1) is 0 Å². The predicted octanol–water partition coefficient (Wildman–Crippen LogP) is 2.52. The van der Waals surface area contributed by atoms with Crippen LogP contribution in [0.15, 0.2) is 29.2 Å². The predicted molar refractivity (Wildman–Crippen MR) is 84.5 cm³/mol. The number of nitrogens with zero attached hydrogens (tertiary/aromatic N) is 2. The zero-order valence-corrected chi connectivity index (χ0v) is 13.2. The molecule has 3 rings (SSSR count). The molecule has 2 atom stereocenters. The summed E-state index contributed by atoms with van der Waals surface area (Å²) in [5, 5.41) is 0. The number of carbonyl (C=O) groups is 2. The van der Waals surface area contributed by atoms with Gasteiger partial charge in [0.1, 0.15) is 12.1 Å². The van der Waals surface area contributed by atoms with Crippen LogP contribution in [0.5, 0.6) is 0 Å². The second-order valence-electron chi connectivity index (χ2n) is 5.63. The molecule has 0 bridgehead atoms. The van der Waals surface area contributed by atoms with Crippen LogP contribution in [0.3, 0.4) is 0 Å². The van der Waals surface area contributed by atoms with E-state index >= 15 is 0 Å². The molecule has 2 unspecified atom stereocenters. The van der Waals surface area contributed by atoms with Gasteiger partial charge in [0.2, 0.25) is 5.91 Å². The minimum Gasteiger partial charge on any atom is -0.329 e. The number of piperidine rings is 1. The summed E-state index contributed by atoms with van der Waals surface area (Å²) >= 11 is 1.64. The molecule has 1 aromatic carbocycles. The summed E-state index contributed by atoms with van der Waals surface area (Å²) < 4.78 is 0. The number of fused-ring (bicyclic) bond motifs is 1. The largest absolute Gasteiger partial charge is 0.329 e. The van der Waals surface area contributed by atoms with Gasteiger partial charge in [0.05, 0.1) is 0 Å². The molecular formula is C16H20N2O2S. The Balaban J connectivity index is 1.97. The quantitative estimate of drug-likeness (QED) is 0.788. The van der Waals surface area contributed by atoms with Crippen molar-refractivity contribution in [2.24, 2.45) is 0 Å². The Kier molecular flexibility index (Phi) is 3.93. The molecule has 2 aliphatic heterocycles. The molecule has 0 N–H and O–H groups in total. The molecule has 112 valence electrons. The van der Waals surface area contributed by atoms with Crippen LogP contribution < -0.4 is 4.90 Å². The van der Waals surface area contributed by atoms with Crippen molar-refractivity contribution in [1.82, 2.24) is 4.90 Å². The maximum Gasteiger partial charge on any atom is 0.250 e. The summed E-state index contributed by atoms with van der Waals surface area (Å²) in [4.78, 5) is 30.0. The number of carbonyl (C=O) groups excluding carboxylic acids is 2. The lowest BCUT2D eigenvalue weighted by Crippen LogP contribution is -2.65. The number of hydrogen-bond donors (Lipinski definition) is 0. The molecule has 2 amide bonds. The molecule has 2 aliphatic rings. The van der Waals surface area contributed by atoms with E-state index in [9.17, 15) is 9.59 Å². The summed E-state index contributed by atoms with van der Waals surface area (Å²) in [5.74, 6) is 0.147. The van der Waals surface area contributed by atoms with Crippen LogP contribution in [0.25, 0.3) is 0 Å². The zero-order valence-electron chi connectivity index (χ0n) is 12.4. The lowest BCUT2D eigenvalue weighted by molar-refractivity contribution is -0.147. The Morgan fingerprint density at radius 1 is 1.19 bits per heavy atom. The maximum atomic E-state index is 12.8. The first-order chi connectivity index (χ1) is 10.1. The van der Waals surface area contributed by atoms with E-state index < -0.39 is 6.04 Å². The molecule has 0 radical (unpaired) electrons. The summed E-state index contributed by atoms with van der Waals surface area (Å²) in [6, 6.07) is 7.19. The number of anilines is 1. The molecule has 4 nitrogen and oxygen atoms in total. The van der Waals surface area contributed by atoms with Crippen molar-refractivity contribution in [3.63, 3.8) is 0 Å². The third-order valence-electron chi connectivity index (χ3n) is 4.38. The Bertz CT molecular complexity index is 575. The zero-order chi connectivity index (χ0) is 15.0. The van der Waals surface area contributed by atoms with Gasteiger partial charge in [0.15, 0.2) is 0 Å². The minimum absolute atomic E-state index is 0.0695. The topological polar surface area (TPSA) is 40.6 Å². The number of piperazine rings is 1. The highest BCUT2D eigenvalue weighted by atomic mass is 32.2. The highest BCUT2D eigenvalue weighted by molar-refractivity contribution is 7.98. The molecule has 0 aliphatic carbocycles. The monoisotopic (exact) mass is 304 g/mol. The Morgan fingerprint density at radius 3 is 2.76 bits per heavy atom. The molecule has 5 heteroatoms. The average Bonchev–Trinajstić information content (AvgIpc) is 2.53. The first-order valence-electron chi connectivity index (χ1n) is 7.41. The summed E-state index contributed by atoms with van der Waals surface area (Å²) in [5.41, 5.74) is 0.831. The van der Waals surface area contributed by atoms with E-state index in [1.165, 1.54) is 0 Å². The van der Waals surface area contributed by atoms with Gasteiger partial charge < -0.3 is 4.90 Å². The molecule has 0 aromatic heterocycles. The van der Waals surface area contributed by atoms with Gasteiger partial charge in [-0.2, -0.15) is 0 Å². The van der Waals surface area contributed by atoms with Crippen molar-refractivity contribution in [1.29, 1.82) is 0 Å². The molecule has 2 heterocycles. The molecule has 21 heavy (non-hydrogen) atoms. The fourth-order valence-corrected chi connectivity index (χ4v) is 3.72. The van der Waals surface area contributed by atoms with Crippen LogP contribution in [0.4, 0.5) is 5.69 Å². The second kappa shape index (κ2) is 5.72. The van der Waals surface area contributed by atoms with Gasteiger partial charge in [0, 0.05) is 17.1 Å². The van der Waals surface area contributed by atoms with Gasteiger partial charge in [-0.25, -0.2) is 0 Å². The van der Waals surface area contributed by atoms with E-state index in [1.54, 1.807) is 21.6 Å². The number of rotatable bonds is 2. The Hall–Kier alpha value is -1.49. The normalized spacial score (nSPS) is 26.0. The van der Waals surface area contributed by atoms with Crippen LogP contribution in [-0.2, 0) is 9.59 Å². The van der Waals surface area contributed by atoms with Crippen molar-refractivity contribution in [2.75, 3.05) is 17.7 Å². The SMILES string of the molecule is CSc1cccc(N2C(=O)C3CCCCN3C(=O)C2C)c1. The number of amides is 2. The fourth-order valence-electron chi connectivity index (χ4n) is 3.27. The molecule has 1 aromatic rings. The smallest absolute Gasteiger partial charge is 0.250 e. The van der Waals surface area contributed by atoms with E-state index in [2.05, 4.69) is 0 Å². The third kappa shape index (κ3) is 2.44. The van der Waals surface area contributed by atoms with Crippen LogP contribution in [0.2, 0.25) is 0 Å². The third-order valence-corrected chi connectivity index (χ3v) is 5.11. The van der Waals surface area contributed by atoms with Crippen LogP contribution in [-0.4, -0.2) is 41.6 Å². The highest BCUT2D eigenvalue weighted by Crippen LogP contribution is 2.31. The lowest BCUT2D eigenvalue weighted by Gasteiger charge is -2.46. The molecule has 2 fully saturated rings. The van der Waals surface area contributed by atoms with Gasteiger partial charge in [0.25, 0.3) is 5.91 Å². The lowest BCUT2D eigenvalue weighted by atomic mass is 9.95. The van der Waals surface area contributed by atoms with Crippen molar-refractivity contribution in [3.8, 4) is 0 Å². The van der Waals surface area contributed by atoms with Crippen molar-refractivity contribution in [2.45, 2.75) is 43.2 Å². The van der Waals surface area contributed by atoms with Crippen molar-refractivity contribution < 1.29 is 9.59 Å². The molecule has 0 spiro atoms. The molecular weight excluding hydrogens is 284 g/mol. The van der Waals surface area contributed by atoms with E-state index in [1.807, 2.05) is 37.4 Å². The first-order valence-corrected chi connectivity index (χ1v) is 8.63. The Morgan fingerprint density at radius 2 is 2.00 bits per heavy atom. The standard InChI is InChI=1S/C16H20N2O2S/c1-11-15(19)17-9-4-3-8-14(17)16(20)18(11)12-6-5-7-13(10-12)21-2/h5-7,10-11,14H,3-4,8-9H2,1-2H3. The van der Waals surface area contributed by atoms with E-state index in [0.717, 1.165) is 36.4 Å². The summed E-state index contributed by atoms with van der Waals surface area (Å²) in [6.45, 7) is 2.55. The average molecular weight is 304 g/mol. The number of thioether (sulfide) groups is 1. The fraction of sp³-hybridized carbons (Fsp3) is 0.500. The first kappa shape index (κ1) is 14.4. The van der Waals surface area contributed by atoms with Crippen molar-refractivity contribution >= 4 is 29.3 Å². The maximum absolute atomic E-state index is 12.8. The molecule has 2 saturated heterocycles.